The topological polar surface area (TPSA) is 63.7 Å². The molecule has 0 radical (unpaired) electrons. The first-order valence-corrected chi connectivity index (χ1v) is 8.17. The van der Waals surface area contributed by atoms with Gasteiger partial charge in [0.05, 0.1) is 16.0 Å². The number of nitrogens with zero attached hydrogens (tertiary/aromatic N) is 1. The predicted molar refractivity (Wildman–Crippen MR) is 75.2 cm³/mol. The van der Waals surface area contributed by atoms with Gasteiger partial charge < -0.3 is 4.74 Å². The van der Waals surface area contributed by atoms with Gasteiger partial charge in [-0.3, -0.25) is 4.79 Å². The lowest BCUT2D eigenvalue weighted by molar-refractivity contribution is -0.143. The van der Waals surface area contributed by atoms with Gasteiger partial charge in [-0.2, -0.15) is 4.31 Å². The van der Waals surface area contributed by atoms with Crippen molar-refractivity contribution < 1.29 is 22.3 Å². The van der Waals surface area contributed by atoms with E-state index in [1.807, 2.05) is 0 Å². The van der Waals surface area contributed by atoms with Crippen molar-refractivity contribution in [2.45, 2.75) is 18.7 Å². The summed E-state index contributed by atoms with van der Waals surface area (Å²) in [6, 6.07) is 3.49. The molecule has 20 heavy (non-hydrogen) atoms. The van der Waals surface area contributed by atoms with Gasteiger partial charge in [0.25, 0.3) is 0 Å². The molecule has 0 saturated heterocycles. The van der Waals surface area contributed by atoms with Gasteiger partial charge in [-0.05, 0) is 41.1 Å². The van der Waals surface area contributed by atoms with Crippen LogP contribution in [0.25, 0.3) is 0 Å². The van der Waals surface area contributed by atoms with Gasteiger partial charge in [0, 0.05) is 6.54 Å². The molecule has 0 atom stereocenters. The van der Waals surface area contributed by atoms with E-state index in [-0.39, 0.29) is 22.5 Å². The fraction of sp³-hybridized carbons (Fsp3) is 0.417. The Labute approximate surface area is 125 Å². The van der Waals surface area contributed by atoms with Crippen LogP contribution in [0.3, 0.4) is 0 Å². The number of sulfonamides is 1. The summed E-state index contributed by atoms with van der Waals surface area (Å²) >= 11 is 2.95. The van der Waals surface area contributed by atoms with Gasteiger partial charge in [-0.1, -0.05) is 6.92 Å². The van der Waals surface area contributed by atoms with Gasteiger partial charge in [-0.15, -0.1) is 0 Å². The number of rotatable bonds is 6. The second-order valence-electron chi connectivity index (χ2n) is 3.81. The Morgan fingerprint density at radius 1 is 1.40 bits per heavy atom. The van der Waals surface area contributed by atoms with Crippen molar-refractivity contribution in [2.75, 3.05) is 19.7 Å². The largest absolute Gasteiger partial charge is 0.465 e. The molecule has 0 amide bonds. The summed E-state index contributed by atoms with van der Waals surface area (Å²) < 4.78 is 43.9. The van der Waals surface area contributed by atoms with E-state index in [0.29, 0.717) is 0 Å². The standard InChI is InChI=1S/C12H15BrFNO4S/c1-3-15(8-12(16)19-4-2)20(17,18)9-5-6-10(13)11(14)7-9/h5-7H,3-4,8H2,1-2H3. The molecular formula is C12H15BrFNO4S. The Hall–Kier alpha value is -0.990. The highest BCUT2D eigenvalue weighted by Crippen LogP contribution is 2.22. The monoisotopic (exact) mass is 367 g/mol. The number of hydrogen-bond donors (Lipinski definition) is 0. The summed E-state index contributed by atoms with van der Waals surface area (Å²) in [5.41, 5.74) is 0. The van der Waals surface area contributed by atoms with Crippen LogP contribution < -0.4 is 0 Å². The summed E-state index contributed by atoms with van der Waals surface area (Å²) in [5.74, 6) is -1.33. The molecule has 112 valence electrons. The lowest BCUT2D eigenvalue weighted by Crippen LogP contribution is -2.36. The molecule has 1 aromatic rings. The van der Waals surface area contributed by atoms with Gasteiger partial charge in [0.15, 0.2) is 0 Å². The van der Waals surface area contributed by atoms with Gasteiger partial charge in [-0.25, -0.2) is 12.8 Å². The van der Waals surface area contributed by atoms with Crippen molar-refractivity contribution in [1.29, 1.82) is 0 Å². The molecular weight excluding hydrogens is 353 g/mol. The van der Waals surface area contributed by atoms with Crippen molar-refractivity contribution >= 4 is 31.9 Å². The first kappa shape index (κ1) is 17.1. The Balaban J connectivity index is 3.05. The molecule has 0 saturated carbocycles. The zero-order valence-electron chi connectivity index (χ0n) is 11.1. The smallest absolute Gasteiger partial charge is 0.321 e. The highest BCUT2D eigenvalue weighted by molar-refractivity contribution is 9.10. The highest BCUT2D eigenvalue weighted by atomic mass is 79.9. The number of halogens is 2. The van der Waals surface area contributed by atoms with Crippen molar-refractivity contribution in [2.24, 2.45) is 0 Å². The Morgan fingerprint density at radius 3 is 2.55 bits per heavy atom. The Bertz CT molecular complexity index is 591. The van der Waals surface area contributed by atoms with Crippen molar-refractivity contribution in [1.82, 2.24) is 4.31 Å². The zero-order valence-corrected chi connectivity index (χ0v) is 13.5. The van der Waals surface area contributed by atoms with Crippen LogP contribution in [0.5, 0.6) is 0 Å². The molecule has 0 unspecified atom stereocenters. The first-order valence-electron chi connectivity index (χ1n) is 5.93. The van der Waals surface area contributed by atoms with Crippen LogP contribution >= 0.6 is 15.9 Å². The number of likely N-dealkylation sites (N-methyl/N-ethyl adjacent to an activating group) is 1. The molecule has 0 bridgehead atoms. The summed E-state index contributed by atoms with van der Waals surface area (Å²) in [6.45, 7) is 3.07. The number of esters is 1. The maximum atomic E-state index is 13.4. The average Bonchev–Trinajstić information content (AvgIpc) is 2.39. The molecule has 0 aliphatic heterocycles. The van der Waals surface area contributed by atoms with Crippen molar-refractivity contribution in [3.63, 3.8) is 0 Å². The van der Waals surface area contributed by atoms with E-state index >= 15 is 0 Å². The molecule has 1 rings (SSSR count). The molecule has 0 spiro atoms. The molecule has 0 aliphatic rings. The van der Waals surface area contributed by atoms with Gasteiger partial charge >= 0.3 is 5.97 Å². The molecule has 0 aromatic heterocycles. The predicted octanol–water partition coefficient (Wildman–Crippen LogP) is 2.16. The third kappa shape index (κ3) is 4.00. The van der Waals surface area contributed by atoms with E-state index in [9.17, 15) is 17.6 Å². The van der Waals surface area contributed by atoms with Crippen molar-refractivity contribution in [3.05, 3.63) is 28.5 Å². The third-order valence-corrected chi connectivity index (χ3v) is 5.05. The summed E-state index contributed by atoms with van der Waals surface area (Å²) in [4.78, 5) is 11.2. The quantitative estimate of drug-likeness (QED) is 0.722. The van der Waals surface area contributed by atoms with E-state index in [2.05, 4.69) is 15.9 Å². The number of benzene rings is 1. The van der Waals surface area contributed by atoms with Crippen LogP contribution in [0, 0.1) is 5.82 Å². The summed E-state index contributed by atoms with van der Waals surface area (Å²) in [7, 11) is -3.93. The van der Waals surface area contributed by atoms with Crippen molar-refractivity contribution in [3.8, 4) is 0 Å². The molecule has 0 fully saturated rings. The zero-order chi connectivity index (χ0) is 15.3. The number of ether oxygens (including phenoxy) is 1. The lowest BCUT2D eigenvalue weighted by Gasteiger charge is -2.19. The molecule has 1 aromatic carbocycles. The van der Waals surface area contributed by atoms with Gasteiger partial charge in [0.1, 0.15) is 12.4 Å². The lowest BCUT2D eigenvalue weighted by atomic mass is 10.3. The maximum absolute atomic E-state index is 13.4. The Kier molecular flexibility index (Phi) is 6.09. The van der Waals surface area contributed by atoms with E-state index < -0.39 is 28.4 Å². The third-order valence-electron chi connectivity index (χ3n) is 2.49. The molecule has 5 nitrogen and oxygen atoms in total. The molecule has 0 N–H and O–H groups in total. The van der Waals surface area contributed by atoms with Crippen LogP contribution in [0.1, 0.15) is 13.8 Å². The second kappa shape index (κ2) is 7.14. The second-order valence-corrected chi connectivity index (χ2v) is 6.60. The number of carbonyl (C=O) groups excluding carboxylic acids is 1. The van der Waals surface area contributed by atoms with E-state index in [0.717, 1.165) is 10.4 Å². The fourth-order valence-corrected chi connectivity index (χ4v) is 3.16. The minimum Gasteiger partial charge on any atom is -0.465 e. The average molecular weight is 368 g/mol. The molecule has 0 heterocycles. The van der Waals surface area contributed by atoms with Crippen LogP contribution in [0.4, 0.5) is 4.39 Å². The van der Waals surface area contributed by atoms with E-state index in [4.69, 9.17) is 4.74 Å². The SMILES string of the molecule is CCOC(=O)CN(CC)S(=O)(=O)c1ccc(Br)c(F)c1. The summed E-state index contributed by atoms with van der Waals surface area (Å²) in [6.07, 6.45) is 0. The number of hydrogen-bond acceptors (Lipinski definition) is 4. The molecule has 0 aliphatic carbocycles. The normalized spacial score (nSPS) is 11.7. The Morgan fingerprint density at radius 2 is 2.05 bits per heavy atom. The minimum absolute atomic E-state index is 0.0822. The van der Waals surface area contributed by atoms with E-state index in [1.165, 1.54) is 12.1 Å². The highest BCUT2D eigenvalue weighted by Gasteiger charge is 2.26. The fourth-order valence-electron chi connectivity index (χ4n) is 1.50. The van der Waals surface area contributed by atoms with Crippen LogP contribution in [0.2, 0.25) is 0 Å². The van der Waals surface area contributed by atoms with Crippen LogP contribution in [-0.4, -0.2) is 38.4 Å². The minimum atomic E-state index is -3.93. The first-order chi connectivity index (χ1) is 9.32. The van der Waals surface area contributed by atoms with Crippen LogP contribution in [-0.2, 0) is 19.6 Å². The number of carbonyl (C=O) groups is 1. The van der Waals surface area contributed by atoms with Gasteiger partial charge in [0.2, 0.25) is 10.0 Å². The molecule has 8 heteroatoms. The van der Waals surface area contributed by atoms with Crippen LogP contribution in [0.15, 0.2) is 27.6 Å². The van der Waals surface area contributed by atoms with E-state index in [1.54, 1.807) is 13.8 Å². The summed E-state index contributed by atoms with van der Waals surface area (Å²) in [5, 5.41) is 0. The maximum Gasteiger partial charge on any atom is 0.321 e.